The van der Waals surface area contributed by atoms with E-state index in [1.165, 1.54) is 0 Å². The van der Waals surface area contributed by atoms with Crippen molar-refractivity contribution < 1.29 is 9.59 Å². The van der Waals surface area contributed by atoms with E-state index in [1.54, 1.807) is 34.8 Å². The van der Waals surface area contributed by atoms with Crippen molar-refractivity contribution in [2.24, 2.45) is 0 Å². The molecule has 1 radical (unpaired) electrons. The lowest BCUT2D eigenvalue weighted by molar-refractivity contribution is -0.134. The fraction of sp³-hybridized carbons (Fsp3) is 0.261. The summed E-state index contributed by atoms with van der Waals surface area (Å²) in [5, 5.41) is 6.99. The van der Waals surface area contributed by atoms with Crippen LogP contribution in [0.3, 0.4) is 0 Å². The second kappa shape index (κ2) is 10.9. The largest absolute Gasteiger partial charge is 0.340 e. The molecule has 0 fully saturated rings. The second-order valence-corrected chi connectivity index (χ2v) is 8.81. The number of hydrogen-bond acceptors (Lipinski definition) is 4. The van der Waals surface area contributed by atoms with Crippen molar-refractivity contribution >= 4 is 34.5 Å². The van der Waals surface area contributed by atoms with Gasteiger partial charge >= 0.3 is 0 Å². The van der Waals surface area contributed by atoms with Crippen molar-refractivity contribution in [2.45, 2.75) is 38.4 Å². The smallest absolute Gasteiger partial charge is 0.251 e. The molecule has 2 heterocycles. The molecule has 1 unspecified atom stereocenters. The standard InChI is InChI=1S/C23H25N2O2S2/c1-2-3-13-21(24-22(26)18-9-5-4-6-10-18)23(27)25(16-19-11-7-14-28-19)17-20-12-8-15-29-20/h4-12,14-15,21H,1-3,13,16-17H2,(H,24,26). The molecule has 0 bridgehead atoms. The number of carbonyl (C=O) groups is 2. The molecule has 2 aromatic heterocycles. The van der Waals surface area contributed by atoms with Crippen LogP contribution in [-0.4, -0.2) is 22.8 Å². The molecule has 1 N–H and O–H groups in total. The maximum atomic E-state index is 13.5. The lowest BCUT2D eigenvalue weighted by atomic mass is 10.1. The summed E-state index contributed by atoms with van der Waals surface area (Å²) < 4.78 is 0. The molecule has 0 saturated heterocycles. The van der Waals surface area contributed by atoms with Gasteiger partial charge < -0.3 is 10.2 Å². The van der Waals surface area contributed by atoms with Crippen LogP contribution in [0.4, 0.5) is 0 Å². The zero-order valence-corrected chi connectivity index (χ0v) is 17.9. The number of carbonyl (C=O) groups excluding carboxylic acids is 2. The number of rotatable bonds is 10. The summed E-state index contributed by atoms with van der Waals surface area (Å²) >= 11 is 3.27. The van der Waals surface area contributed by atoms with Gasteiger partial charge in [-0.25, -0.2) is 0 Å². The van der Waals surface area contributed by atoms with Crippen molar-refractivity contribution in [2.75, 3.05) is 0 Å². The van der Waals surface area contributed by atoms with Crippen molar-refractivity contribution in [3.05, 3.63) is 87.6 Å². The molecular weight excluding hydrogens is 400 g/mol. The van der Waals surface area contributed by atoms with E-state index in [2.05, 4.69) is 12.2 Å². The minimum absolute atomic E-state index is 0.0514. The average molecular weight is 426 g/mol. The van der Waals surface area contributed by atoms with Gasteiger partial charge in [-0.15, -0.1) is 22.7 Å². The Morgan fingerprint density at radius 3 is 2.07 bits per heavy atom. The molecule has 3 aromatic rings. The Morgan fingerprint density at radius 1 is 0.931 bits per heavy atom. The summed E-state index contributed by atoms with van der Waals surface area (Å²) in [6.45, 7) is 4.96. The van der Waals surface area contributed by atoms with E-state index in [-0.39, 0.29) is 11.8 Å². The van der Waals surface area contributed by atoms with Crippen LogP contribution in [0.15, 0.2) is 65.4 Å². The number of hydrogen-bond donors (Lipinski definition) is 1. The number of amides is 2. The highest BCUT2D eigenvalue weighted by Crippen LogP contribution is 2.19. The monoisotopic (exact) mass is 425 g/mol. The minimum atomic E-state index is -0.565. The Kier molecular flexibility index (Phi) is 8.02. The van der Waals surface area contributed by atoms with Crippen LogP contribution >= 0.6 is 22.7 Å². The topological polar surface area (TPSA) is 49.4 Å². The summed E-state index contributed by atoms with van der Waals surface area (Å²) in [5.74, 6) is -0.273. The molecule has 6 heteroatoms. The van der Waals surface area contributed by atoms with Crippen LogP contribution in [0.25, 0.3) is 0 Å². The summed E-state index contributed by atoms with van der Waals surface area (Å²) in [6.07, 6.45) is 2.07. The van der Waals surface area contributed by atoms with Gasteiger partial charge in [0.15, 0.2) is 0 Å². The maximum Gasteiger partial charge on any atom is 0.251 e. The molecule has 3 rings (SSSR count). The lowest BCUT2D eigenvalue weighted by Gasteiger charge is -2.27. The highest BCUT2D eigenvalue weighted by molar-refractivity contribution is 7.10. The van der Waals surface area contributed by atoms with Crippen LogP contribution in [0.5, 0.6) is 0 Å². The minimum Gasteiger partial charge on any atom is -0.340 e. The SMILES string of the molecule is [CH2]CCCC(NC(=O)c1ccccc1)C(=O)N(Cc1cccs1)Cc1cccs1. The Balaban J connectivity index is 1.78. The van der Waals surface area contributed by atoms with Gasteiger partial charge in [-0.2, -0.15) is 0 Å². The first kappa shape index (κ1) is 21.3. The molecule has 1 aromatic carbocycles. The zero-order chi connectivity index (χ0) is 20.5. The van der Waals surface area contributed by atoms with Gasteiger partial charge in [-0.3, -0.25) is 9.59 Å². The Hall–Kier alpha value is -2.44. The van der Waals surface area contributed by atoms with Crippen molar-refractivity contribution in [3.8, 4) is 0 Å². The van der Waals surface area contributed by atoms with Crippen LogP contribution in [0.2, 0.25) is 0 Å². The first-order valence-electron chi connectivity index (χ1n) is 9.66. The zero-order valence-electron chi connectivity index (χ0n) is 16.3. The van der Waals surface area contributed by atoms with Crippen LogP contribution < -0.4 is 5.32 Å². The predicted octanol–water partition coefficient (Wildman–Crippen LogP) is 5.14. The molecule has 0 saturated carbocycles. The number of unbranched alkanes of at least 4 members (excludes halogenated alkanes) is 1. The van der Waals surface area contributed by atoms with Crippen LogP contribution in [-0.2, 0) is 17.9 Å². The summed E-state index contributed by atoms with van der Waals surface area (Å²) in [4.78, 5) is 30.2. The number of benzene rings is 1. The van der Waals surface area contributed by atoms with Crippen molar-refractivity contribution in [3.63, 3.8) is 0 Å². The fourth-order valence-electron chi connectivity index (χ4n) is 3.05. The quantitative estimate of drug-likeness (QED) is 0.489. The van der Waals surface area contributed by atoms with Gasteiger partial charge in [-0.05, 0) is 41.4 Å². The van der Waals surface area contributed by atoms with Crippen LogP contribution in [0, 0.1) is 6.92 Å². The average Bonchev–Trinajstić information content (AvgIpc) is 3.45. The number of nitrogens with one attached hydrogen (secondary N) is 1. The maximum absolute atomic E-state index is 13.5. The third-order valence-corrected chi connectivity index (χ3v) is 6.27. The molecule has 0 aliphatic carbocycles. The van der Waals surface area contributed by atoms with Gasteiger partial charge in [0.1, 0.15) is 6.04 Å². The molecule has 0 aliphatic rings. The van der Waals surface area contributed by atoms with Crippen molar-refractivity contribution in [1.29, 1.82) is 0 Å². The summed E-state index contributed by atoms with van der Waals surface area (Å²) in [5.41, 5.74) is 0.558. The van der Waals surface area contributed by atoms with E-state index in [1.807, 2.05) is 58.1 Å². The summed E-state index contributed by atoms with van der Waals surface area (Å²) in [7, 11) is 0. The molecule has 1 atom stereocenters. The van der Waals surface area contributed by atoms with E-state index in [0.717, 1.165) is 22.6 Å². The van der Waals surface area contributed by atoms with Gasteiger partial charge in [0.2, 0.25) is 5.91 Å². The number of thiophene rings is 2. The first-order valence-corrected chi connectivity index (χ1v) is 11.4. The molecule has 2 amide bonds. The normalized spacial score (nSPS) is 11.8. The molecule has 0 spiro atoms. The molecular formula is C23H25N2O2S2. The number of nitrogens with zero attached hydrogens (tertiary/aromatic N) is 1. The summed E-state index contributed by atoms with van der Waals surface area (Å²) in [6, 6.07) is 16.5. The Morgan fingerprint density at radius 2 is 1.55 bits per heavy atom. The third-order valence-electron chi connectivity index (χ3n) is 4.55. The van der Waals surface area contributed by atoms with Gasteiger partial charge in [0, 0.05) is 15.3 Å². The molecule has 0 aliphatic heterocycles. The molecule has 29 heavy (non-hydrogen) atoms. The van der Waals surface area contributed by atoms with Gasteiger partial charge in [0.25, 0.3) is 5.91 Å². The molecule has 151 valence electrons. The highest BCUT2D eigenvalue weighted by atomic mass is 32.1. The van der Waals surface area contributed by atoms with E-state index in [4.69, 9.17) is 0 Å². The Bertz CT molecular complexity index is 841. The lowest BCUT2D eigenvalue weighted by Crippen LogP contribution is -2.48. The van der Waals surface area contributed by atoms with E-state index in [9.17, 15) is 9.59 Å². The second-order valence-electron chi connectivity index (χ2n) is 6.74. The molecule has 4 nitrogen and oxygen atoms in total. The van der Waals surface area contributed by atoms with Gasteiger partial charge in [-0.1, -0.05) is 50.1 Å². The van der Waals surface area contributed by atoms with E-state index in [0.29, 0.717) is 25.1 Å². The van der Waals surface area contributed by atoms with Gasteiger partial charge in [0.05, 0.1) is 13.1 Å². The highest BCUT2D eigenvalue weighted by Gasteiger charge is 2.26. The predicted molar refractivity (Wildman–Crippen MR) is 120 cm³/mol. The van der Waals surface area contributed by atoms with Crippen LogP contribution in [0.1, 0.15) is 39.4 Å². The van der Waals surface area contributed by atoms with Crippen molar-refractivity contribution in [1.82, 2.24) is 10.2 Å². The Labute approximate surface area is 180 Å². The third kappa shape index (κ3) is 6.27. The van der Waals surface area contributed by atoms with E-state index < -0.39 is 6.04 Å². The van der Waals surface area contributed by atoms with E-state index >= 15 is 0 Å². The fourth-order valence-corrected chi connectivity index (χ4v) is 4.49. The first-order chi connectivity index (χ1) is 14.2.